The van der Waals surface area contributed by atoms with E-state index in [1.165, 1.54) is 0 Å². The van der Waals surface area contributed by atoms with Crippen LogP contribution >= 0.6 is 27.5 Å². The lowest BCUT2D eigenvalue weighted by Crippen LogP contribution is -2.05. The summed E-state index contributed by atoms with van der Waals surface area (Å²) < 4.78 is 0.963. The number of aromatic nitrogens is 1. The molecule has 1 heterocycles. The molecule has 4 heteroatoms. The van der Waals surface area contributed by atoms with Gasteiger partial charge in [-0.25, -0.2) is 0 Å². The van der Waals surface area contributed by atoms with E-state index in [2.05, 4.69) is 34.8 Å². The maximum absolute atomic E-state index is 10.1. The molecule has 2 nitrogen and oxygen atoms in total. The lowest BCUT2D eigenvalue weighted by molar-refractivity contribution is 0.165. The van der Waals surface area contributed by atoms with Gasteiger partial charge in [-0.2, -0.15) is 0 Å². The summed E-state index contributed by atoms with van der Waals surface area (Å²) in [5.41, 5.74) is 2.05. The van der Waals surface area contributed by atoms with Gasteiger partial charge >= 0.3 is 0 Å². The molecule has 0 aliphatic heterocycles. The van der Waals surface area contributed by atoms with Crippen molar-refractivity contribution in [1.82, 2.24) is 4.98 Å². The van der Waals surface area contributed by atoms with Crippen LogP contribution in [0.4, 0.5) is 0 Å². The third-order valence-electron chi connectivity index (χ3n) is 2.52. The van der Waals surface area contributed by atoms with E-state index < -0.39 is 6.10 Å². The lowest BCUT2D eigenvalue weighted by Gasteiger charge is -2.18. The second-order valence-electron chi connectivity index (χ2n) is 4.13. The summed E-state index contributed by atoms with van der Waals surface area (Å²) in [7, 11) is 0. The summed E-state index contributed by atoms with van der Waals surface area (Å²) in [4.78, 5) is 4.12. The Bertz CT molecular complexity index is 344. The van der Waals surface area contributed by atoms with Crippen LogP contribution in [0.25, 0.3) is 0 Å². The third kappa shape index (κ3) is 3.44. The normalized spacial score (nSPS) is 13.1. The van der Waals surface area contributed by atoms with Gasteiger partial charge in [-0.05, 0) is 40.3 Å². The van der Waals surface area contributed by atoms with Crippen LogP contribution in [0.3, 0.4) is 0 Å². The Morgan fingerprint density at radius 2 is 2.12 bits per heavy atom. The molecule has 0 aromatic carbocycles. The smallest absolute Gasteiger partial charge is 0.0808 e. The fraction of sp³-hybridized carbons (Fsp3) is 0.583. The first-order valence-electron chi connectivity index (χ1n) is 5.45. The minimum absolute atomic E-state index is 0.359. The van der Waals surface area contributed by atoms with Crippen molar-refractivity contribution >= 4 is 27.5 Å². The highest BCUT2D eigenvalue weighted by molar-refractivity contribution is 9.10. The van der Waals surface area contributed by atoms with Crippen molar-refractivity contribution in [3.63, 3.8) is 0 Å². The van der Waals surface area contributed by atoms with Crippen LogP contribution in [-0.4, -0.2) is 16.0 Å². The first-order chi connectivity index (χ1) is 7.57. The van der Waals surface area contributed by atoms with Crippen molar-refractivity contribution < 1.29 is 5.11 Å². The highest BCUT2D eigenvalue weighted by Crippen LogP contribution is 2.32. The Labute approximate surface area is 110 Å². The molecule has 1 aromatic rings. The Kier molecular flexibility index (Phi) is 5.73. The van der Waals surface area contributed by atoms with Crippen LogP contribution in [-0.2, 0) is 0 Å². The van der Waals surface area contributed by atoms with E-state index in [0.717, 1.165) is 22.0 Å². The summed E-state index contributed by atoms with van der Waals surface area (Å²) in [5.74, 6) is 0.938. The molecule has 0 bridgehead atoms. The van der Waals surface area contributed by atoms with E-state index in [9.17, 15) is 5.11 Å². The average molecular weight is 307 g/mol. The van der Waals surface area contributed by atoms with E-state index in [-0.39, 0.29) is 0 Å². The largest absolute Gasteiger partial charge is 0.388 e. The zero-order chi connectivity index (χ0) is 12.1. The third-order valence-corrected chi connectivity index (χ3v) is 3.42. The molecule has 16 heavy (non-hydrogen) atoms. The average Bonchev–Trinajstić information content (AvgIpc) is 2.24. The van der Waals surface area contributed by atoms with Gasteiger partial charge < -0.3 is 5.11 Å². The fourth-order valence-corrected chi connectivity index (χ4v) is 2.72. The highest BCUT2D eigenvalue weighted by atomic mass is 79.9. The Morgan fingerprint density at radius 3 is 2.69 bits per heavy atom. The number of hydrogen-bond donors (Lipinski definition) is 1. The van der Waals surface area contributed by atoms with E-state index in [1.807, 2.05) is 0 Å². The number of alkyl halides is 1. The number of aliphatic hydroxyl groups excluding tert-OH is 1. The van der Waals surface area contributed by atoms with Crippen molar-refractivity contribution in [3.8, 4) is 0 Å². The van der Waals surface area contributed by atoms with E-state index in [4.69, 9.17) is 11.6 Å². The second kappa shape index (κ2) is 6.58. The minimum atomic E-state index is -0.471. The first-order valence-corrected chi connectivity index (χ1v) is 6.78. The summed E-state index contributed by atoms with van der Waals surface area (Å²) in [5, 5.41) is 10.1. The SMILES string of the molecule is CC(C)c1c(Br)cncc1C(O)CCCCl. The van der Waals surface area contributed by atoms with E-state index in [0.29, 0.717) is 18.2 Å². The summed E-state index contributed by atoms with van der Waals surface area (Å²) in [6.45, 7) is 4.22. The zero-order valence-corrected chi connectivity index (χ0v) is 11.9. The van der Waals surface area contributed by atoms with Crippen molar-refractivity contribution in [2.24, 2.45) is 0 Å². The number of hydrogen-bond acceptors (Lipinski definition) is 2. The number of aliphatic hydroxyl groups is 1. The zero-order valence-electron chi connectivity index (χ0n) is 9.58. The Hall–Kier alpha value is -0.120. The Balaban J connectivity index is 2.98. The number of halogens is 2. The highest BCUT2D eigenvalue weighted by Gasteiger charge is 2.17. The van der Waals surface area contributed by atoms with Crippen LogP contribution in [0.5, 0.6) is 0 Å². The molecule has 1 N–H and O–H groups in total. The molecule has 90 valence electrons. The van der Waals surface area contributed by atoms with Gasteiger partial charge in [0.1, 0.15) is 0 Å². The molecule has 1 atom stereocenters. The molecule has 0 fully saturated rings. The minimum Gasteiger partial charge on any atom is -0.388 e. The molecule has 0 spiro atoms. The Morgan fingerprint density at radius 1 is 1.44 bits per heavy atom. The standard InChI is InChI=1S/C12H17BrClNO/c1-8(2)12-9(6-15-7-10(12)13)11(16)4-3-5-14/h6-8,11,16H,3-5H2,1-2H3. The molecule has 1 aromatic heterocycles. The van der Waals surface area contributed by atoms with Gasteiger partial charge in [0.05, 0.1) is 6.10 Å². The van der Waals surface area contributed by atoms with Gasteiger partial charge in [-0.15, -0.1) is 11.6 Å². The number of nitrogens with zero attached hydrogens (tertiary/aromatic N) is 1. The van der Waals surface area contributed by atoms with Crippen LogP contribution < -0.4 is 0 Å². The molecule has 1 rings (SSSR count). The molecule has 0 aliphatic carbocycles. The summed E-state index contributed by atoms with van der Waals surface area (Å²) in [6, 6.07) is 0. The quantitative estimate of drug-likeness (QED) is 0.834. The monoisotopic (exact) mass is 305 g/mol. The summed E-state index contributed by atoms with van der Waals surface area (Å²) in [6.07, 6.45) is 4.54. The van der Waals surface area contributed by atoms with Crippen LogP contribution in [0.1, 0.15) is 49.8 Å². The van der Waals surface area contributed by atoms with Crippen molar-refractivity contribution in [2.45, 2.75) is 38.7 Å². The van der Waals surface area contributed by atoms with Gasteiger partial charge in [0.15, 0.2) is 0 Å². The predicted molar refractivity (Wildman–Crippen MR) is 70.9 cm³/mol. The number of rotatable bonds is 5. The lowest BCUT2D eigenvalue weighted by atomic mass is 9.94. The van der Waals surface area contributed by atoms with Gasteiger partial charge in [0, 0.05) is 28.3 Å². The second-order valence-corrected chi connectivity index (χ2v) is 5.36. The summed E-state index contributed by atoms with van der Waals surface area (Å²) >= 11 is 9.12. The van der Waals surface area contributed by atoms with E-state index >= 15 is 0 Å². The molecular formula is C12H17BrClNO. The maximum atomic E-state index is 10.1. The molecule has 0 saturated heterocycles. The van der Waals surface area contributed by atoms with Crippen molar-refractivity contribution in [2.75, 3.05) is 5.88 Å². The first kappa shape index (κ1) is 13.9. The maximum Gasteiger partial charge on any atom is 0.0808 e. The van der Waals surface area contributed by atoms with Gasteiger partial charge in [-0.1, -0.05) is 13.8 Å². The van der Waals surface area contributed by atoms with Crippen molar-refractivity contribution in [1.29, 1.82) is 0 Å². The van der Waals surface area contributed by atoms with Gasteiger partial charge in [0.25, 0.3) is 0 Å². The van der Waals surface area contributed by atoms with E-state index in [1.54, 1.807) is 12.4 Å². The predicted octanol–water partition coefficient (Wildman–Crippen LogP) is 4.02. The molecule has 0 saturated carbocycles. The number of pyridine rings is 1. The molecule has 0 radical (unpaired) electrons. The van der Waals surface area contributed by atoms with Crippen LogP contribution in [0.2, 0.25) is 0 Å². The van der Waals surface area contributed by atoms with Gasteiger partial charge in [0.2, 0.25) is 0 Å². The van der Waals surface area contributed by atoms with Crippen LogP contribution in [0.15, 0.2) is 16.9 Å². The molecule has 1 unspecified atom stereocenters. The molecular weight excluding hydrogens is 289 g/mol. The van der Waals surface area contributed by atoms with Crippen LogP contribution in [0, 0.1) is 0 Å². The molecule has 0 aliphatic rings. The fourth-order valence-electron chi connectivity index (χ4n) is 1.76. The van der Waals surface area contributed by atoms with Crippen molar-refractivity contribution in [3.05, 3.63) is 28.0 Å². The molecule has 0 amide bonds. The topological polar surface area (TPSA) is 33.1 Å². The van der Waals surface area contributed by atoms with Gasteiger partial charge in [-0.3, -0.25) is 4.98 Å².